The van der Waals surface area contributed by atoms with Gasteiger partial charge in [0.2, 0.25) is 0 Å². The molecule has 2 aliphatic rings. The number of hydrogen-bond donors (Lipinski definition) is 0. The molecule has 1 aliphatic carbocycles. The lowest BCUT2D eigenvalue weighted by Crippen LogP contribution is -2.23. The Bertz CT molecular complexity index is 856. The van der Waals surface area contributed by atoms with Gasteiger partial charge in [-0.2, -0.15) is 0 Å². The number of rotatable bonds is 4. The van der Waals surface area contributed by atoms with Crippen molar-refractivity contribution in [1.82, 2.24) is 4.90 Å². The molecule has 1 aliphatic heterocycles. The summed E-state index contributed by atoms with van der Waals surface area (Å²) in [5.74, 6) is -0.102. The van der Waals surface area contributed by atoms with Crippen LogP contribution in [-0.2, 0) is 4.79 Å². The molecule has 3 heteroatoms. The van der Waals surface area contributed by atoms with Crippen LogP contribution in [0, 0.1) is 0 Å². The van der Waals surface area contributed by atoms with Crippen LogP contribution in [0.15, 0.2) is 47.1 Å². The van der Waals surface area contributed by atoms with Gasteiger partial charge in [-0.15, -0.1) is 0 Å². The molecule has 0 bridgehead atoms. The van der Waals surface area contributed by atoms with E-state index < -0.39 is 0 Å². The fourth-order valence-corrected chi connectivity index (χ4v) is 3.49. The van der Waals surface area contributed by atoms with E-state index in [-0.39, 0.29) is 5.91 Å². The number of allylic oxidation sites excluding steroid dienone is 1. The standard InChI is InChI=1S/C19H18N2O/c1-3-4-11-21(2)18-16-13-9-5-7-12-8-6-10-14(15(12)13)17(16)20-19(18)22/h5-10H,3-4,11H2,1-2H3. The number of carbonyl (C=O) groups is 1. The summed E-state index contributed by atoms with van der Waals surface area (Å²) in [6.07, 6.45) is 2.19. The molecule has 0 radical (unpaired) electrons. The first-order valence-corrected chi connectivity index (χ1v) is 7.83. The Morgan fingerprint density at radius 2 is 1.82 bits per heavy atom. The second-order valence-electron chi connectivity index (χ2n) is 5.97. The van der Waals surface area contributed by atoms with Crippen LogP contribution in [0.25, 0.3) is 16.3 Å². The summed E-state index contributed by atoms with van der Waals surface area (Å²) in [6.45, 7) is 3.05. The van der Waals surface area contributed by atoms with Gasteiger partial charge in [0.25, 0.3) is 5.91 Å². The van der Waals surface area contributed by atoms with Gasteiger partial charge in [-0.1, -0.05) is 49.7 Å². The maximum Gasteiger partial charge on any atom is 0.294 e. The highest BCUT2D eigenvalue weighted by Gasteiger charge is 2.36. The monoisotopic (exact) mass is 290 g/mol. The summed E-state index contributed by atoms with van der Waals surface area (Å²) in [7, 11) is 2.00. The second-order valence-corrected chi connectivity index (χ2v) is 5.97. The molecule has 1 amide bonds. The minimum absolute atomic E-state index is 0.102. The van der Waals surface area contributed by atoms with E-state index in [4.69, 9.17) is 0 Å². The number of fused-ring (bicyclic) bond motifs is 3. The number of nitrogens with zero attached hydrogens (tertiary/aromatic N) is 2. The molecule has 0 saturated carbocycles. The van der Waals surface area contributed by atoms with Crippen molar-refractivity contribution in [1.29, 1.82) is 0 Å². The van der Waals surface area contributed by atoms with Crippen LogP contribution >= 0.6 is 0 Å². The van der Waals surface area contributed by atoms with Crippen molar-refractivity contribution in [2.24, 2.45) is 4.99 Å². The third kappa shape index (κ3) is 1.68. The SMILES string of the molecule is CCCCN(C)C1=C2C(=NC1=O)c1cccc3cccc2c13. The van der Waals surface area contributed by atoms with Crippen LogP contribution in [0.4, 0.5) is 0 Å². The predicted molar refractivity (Wildman–Crippen MR) is 90.0 cm³/mol. The van der Waals surface area contributed by atoms with Gasteiger partial charge in [-0.3, -0.25) is 4.79 Å². The number of unbranched alkanes of at least 4 members (excludes halogenated alkanes) is 1. The van der Waals surface area contributed by atoms with Crippen molar-refractivity contribution in [3.63, 3.8) is 0 Å². The predicted octanol–water partition coefficient (Wildman–Crippen LogP) is 3.63. The van der Waals surface area contributed by atoms with Gasteiger partial charge in [-0.05, 0) is 22.8 Å². The molecule has 0 aromatic heterocycles. The molecule has 3 nitrogen and oxygen atoms in total. The van der Waals surface area contributed by atoms with Gasteiger partial charge < -0.3 is 4.90 Å². The molecule has 0 saturated heterocycles. The fraction of sp³-hybridized carbons (Fsp3) is 0.263. The van der Waals surface area contributed by atoms with Gasteiger partial charge >= 0.3 is 0 Å². The van der Waals surface area contributed by atoms with E-state index in [0.29, 0.717) is 0 Å². The van der Waals surface area contributed by atoms with Gasteiger partial charge in [0.15, 0.2) is 0 Å². The molecule has 0 N–H and O–H groups in total. The minimum atomic E-state index is -0.102. The molecule has 0 fully saturated rings. The molecule has 0 spiro atoms. The number of hydrogen-bond acceptors (Lipinski definition) is 2. The van der Waals surface area contributed by atoms with Gasteiger partial charge in [0, 0.05) is 24.7 Å². The first kappa shape index (κ1) is 13.3. The number of carbonyl (C=O) groups excluding carboxylic acids is 1. The van der Waals surface area contributed by atoms with Crippen LogP contribution in [0.5, 0.6) is 0 Å². The van der Waals surface area contributed by atoms with Gasteiger partial charge in [-0.25, -0.2) is 4.99 Å². The lowest BCUT2D eigenvalue weighted by molar-refractivity contribution is -0.115. The lowest BCUT2D eigenvalue weighted by Gasteiger charge is -2.20. The van der Waals surface area contributed by atoms with Crippen molar-refractivity contribution in [3.8, 4) is 0 Å². The van der Waals surface area contributed by atoms with Crippen LogP contribution in [-0.4, -0.2) is 30.1 Å². The zero-order valence-electron chi connectivity index (χ0n) is 12.9. The van der Waals surface area contributed by atoms with Crippen LogP contribution < -0.4 is 0 Å². The van der Waals surface area contributed by atoms with Crippen LogP contribution in [0.2, 0.25) is 0 Å². The van der Waals surface area contributed by atoms with E-state index in [9.17, 15) is 4.79 Å². The Labute approximate surface area is 130 Å². The molecular weight excluding hydrogens is 272 g/mol. The Balaban J connectivity index is 1.94. The van der Waals surface area contributed by atoms with E-state index in [1.807, 2.05) is 13.1 Å². The average Bonchev–Trinajstić information content (AvgIpc) is 3.02. The Morgan fingerprint density at radius 3 is 2.55 bits per heavy atom. The summed E-state index contributed by atoms with van der Waals surface area (Å²) in [5, 5.41) is 2.44. The largest absolute Gasteiger partial charge is 0.370 e. The minimum Gasteiger partial charge on any atom is -0.370 e. The van der Waals surface area contributed by atoms with Crippen molar-refractivity contribution in [3.05, 3.63) is 53.2 Å². The van der Waals surface area contributed by atoms with E-state index in [1.54, 1.807) is 0 Å². The van der Waals surface area contributed by atoms with E-state index in [1.165, 1.54) is 10.8 Å². The number of aliphatic imine (C=N–C) groups is 1. The highest BCUT2D eigenvalue weighted by molar-refractivity contribution is 6.49. The van der Waals surface area contributed by atoms with Crippen molar-refractivity contribution >= 4 is 28.0 Å². The Kier molecular flexibility index (Phi) is 2.89. The highest BCUT2D eigenvalue weighted by Crippen LogP contribution is 2.43. The molecule has 2 aromatic rings. The average molecular weight is 290 g/mol. The molecule has 4 rings (SSSR count). The van der Waals surface area contributed by atoms with E-state index in [0.717, 1.165) is 47.5 Å². The zero-order valence-corrected chi connectivity index (χ0v) is 12.9. The summed E-state index contributed by atoms with van der Waals surface area (Å²) in [5.41, 5.74) is 4.88. The molecule has 0 atom stereocenters. The maximum absolute atomic E-state index is 12.4. The number of amides is 1. The Morgan fingerprint density at radius 1 is 1.09 bits per heavy atom. The normalized spacial score (nSPS) is 15.5. The summed E-state index contributed by atoms with van der Waals surface area (Å²) >= 11 is 0. The maximum atomic E-state index is 12.4. The third-order valence-electron chi connectivity index (χ3n) is 4.55. The quantitative estimate of drug-likeness (QED) is 0.861. The third-order valence-corrected chi connectivity index (χ3v) is 4.55. The summed E-state index contributed by atoms with van der Waals surface area (Å²) in [4.78, 5) is 18.9. The second kappa shape index (κ2) is 4.80. The molecule has 0 unspecified atom stereocenters. The highest BCUT2D eigenvalue weighted by atomic mass is 16.1. The topological polar surface area (TPSA) is 32.7 Å². The van der Waals surface area contributed by atoms with E-state index in [2.05, 4.69) is 47.1 Å². The Hall–Kier alpha value is -2.42. The number of benzene rings is 2. The van der Waals surface area contributed by atoms with Crippen molar-refractivity contribution in [2.45, 2.75) is 19.8 Å². The molecule has 22 heavy (non-hydrogen) atoms. The molecular formula is C19H18N2O. The van der Waals surface area contributed by atoms with Gasteiger partial charge in [0.1, 0.15) is 5.70 Å². The first-order valence-electron chi connectivity index (χ1n) is 7.83. The summed E-state index contributed by atoms with van der Waals surface area (Å²) < 4.78 is 0. The fourth-order valence-electron chi connectivity index (χ4n) is 3.49. The smallest absolute Gasteiger partial charge is 0.294 e. The van der Waals surface area contributed by atoms with Gasteiger partial charge in [0.05, 0.1) is 5.71 Å². The zero-order chi connectivity index (χ0) is 15.3. The lowest BCUT2D eigenvalue weighted by atomic mass is 10.0. The van der Waals surface area contributed by atoms with Crippen molar-refractivity contribution < 1.29 is 4.79 Å². The van der Waals surface area contributed by atoms with Crippen LogP contribution in [0.3, 0.4) is 0 Å². The van der Waals surface area contributed by atoms with E-state index >= 15 is 0 Å². The number of likely N-dealkylation sites (N-methyl/N-ethyl adjacent to an activating group) is 1. The summed E-state index contributed by atoms with van der Waals surface area (Å²) in [6, 6.07) is 12.5. The van der Waals surface area contributed by atoms with Crippen molar-refractivity contribution in [2.75, 3.05) is 13.6 Å². The molecule has 1 heterocycles. The van der Waals surface area contributed by atoms with Crippen LogP contribution in [0.1, 0.15) is 30.9 Å². The molecule has 2 aromatic carbocycles. The molecule has 110 valence electrons. The first-order chi connectivity index (χ1) is 10.7.